The predicted molar refractivity (Wildman–Crippen MR) is 88.5 cm³/mol. The summed E-state index contributed by atoms with van der Waals surface area (Å²) in [6, 6.07) is 6.39. The van der Waals surface area contributed by atoms with Gasteiger partial charge in [-0.05, 0) is 54.0 Å². The van der Waals surface area contributed by atoms with Crippen molar-refractivity contribution in [2.45, 2.75) is 26.3 Å². The van der Waals surface area contributed by atoms with Crippen molar-refractivity contribution in [3.05, 3.63) is 33.7 Å². The van der Waals surface area contributed by atoms with Crippen molar-refractivity contribution in [3.63, 3.8) is 0 Å². The number of thiazole rings is 1. The maximum Gasteiger partial charge on any atom is 0.133 e. The second-order valence-electron chi connectivity index (χ2n) is 4.59. The van der Waals surface area contributed by atoms with Crippen LogP contribution in [0.5, 0.6) is 5.75 Å². The van der Waals surface area contributed by atoms with Crippen LogP contribution >= 0.6 is 27.3 Å². The Morgan fingerprint density at radius 1 is 1.45 bits per heavy atom. The Hall–Kier alpha value is -0.910. The SMILES string of the molecule is CCCNC(C)c1cnc(-c2ccc(OC)c(Br)c2)s1. The first-order valence-electron chi connectivity index (χ1n) is 6.68. The van der Waals surface area contributed by atoms with E-state index in [4.69, 9.17) is 4.74 Å². The van der Waals surface area contributed by atoms with Crippen LogP contribution < -0.4 is 10.1 Å². The van der Waals surface area contributed by atoms with Gasteiger partial charge < -0.3 is 10.1 Å². The van der Waals surface area contributed by atoms with Gasteiger partial charge in [-0.2, -0.15) is 0 Å². The highest BCUT2D eigenvalue weighted by Crippen LogP contribution is 2.33. The molecular weight excluding hydrogens is 336 g/mol. The zero-order valence-corrected chi connectivity index (χ0v) is 14.3. The number of halogens is 1. The lowest BCUT2D eigenvalue weighted by molar-refractivity contribution is 0.412. The van der Waals surface area contributed by atoms with E-state index in [0.717, 1.165) is 33.8 Å². The van der Waals surface area contributed by atoms with Crippen LogP contribution in [0.2, 0.25) is 0 Å². The third-order valence-corrected chi connectivity index (χ3v) is 4.90. The lowest BCUT2D eigenvalue weighted by atomic mass is 10.2. The molecule has 20 heavy (non-hydrogen) atoms. The molecule has 1 aromatic heterocycles. The summed E-state index contributed by atoms with van der Waals surface area (Å²) in [6.07, 6.45) is 3.10. The van der Waals surface area contributed by atoms with Crippen molar-refractivity contribution >= 4 is 27.3 Å². The molecule has 108 valence electrons. The summed E-state index contributed by atoms with van der Waals surface area (Å²) < 4.78 is 6.20. The lowest BCUT2D eigenvalue weighted by Gasteiger charge is -2.09. The number of methoxy groups -OCH3 is 1. The average Bonchev–Trinajstić information content (AvgIpc) is 2.94. The van der Waals surface area contributed by atoms with Crippen LogP contribution in [0.15, 0.2) is 28.9 Å². The number of nitrogens with zero attached hydrogens (tertiary/aromatic N) is 1. The largest absolute Gasteiger partial charge is 0.496 e. The van der Waals surface area contributed by atoms with Crippen LogP contribution in [0.3, 0.4) is 0 Å². The van der Waals surface area contributed by atoms with Crippen molar-refractivity contribution in [1.82, 2.24) is 10.3 Å². The van der Waals surface area contributed by atoms with Crippen molar-refractivity contribution in [1.29, 1.82) is 0 Å². The van der Waals surface area contributed by atoms with Gasteiger partial charge in [0.2, 0.25) is 0 Å². The number of hydrogen-bond donors (Lipinski definition) is 1. The molecule has 3 nitrogen and oxygen atoms in total. The average molecular weight is 355 g/mol. The summed E-state index contributed by atoms with van der Waals surface area (Å²) >= 11 is 5.25. The standard InChI is InChI=1S/C15H19BrN2OS/c1-4-7-17-10(2)14-9-18-15(20-14)11-5-6-13(19-3)12(16)8-11/h5-6,8-10,17H,4,7H2,1-3H3. The fourth-order valence-electron chi connectivity index (χ4n) is 1.88. The molecule has 1 N–H and O–H groups in total. The summed E-state index contributed by atoms with van der Waals surface area (Å²) in [5, 5.41) is 4.52. The van der Waals surface area contributed by atoms with Gasteiger partial charge >= 0.3 is 0 Å². The summed E-state index contributed by atoms with van der Waals surface area (Å²) in [5.74, 6) is 0.837. The molecule has 0 saturated heterocycles. The van der Waals surface area contributed by atoms with Gasteiger partial charge in [-0.25, -0.2) is 4.98 Å². The summed E-state index contributed by atoms with van der Waals surface area (Å²) in [4.78, 5) is 5.79. The van der Waals surface area contributed by atoms with Crippen LogP contribution in [0.1, 0.15) is 31.2 Å². The molecule has 1 atom stereocenters. The van der Waals surface area contributed by atoms with E-state index in [-0.39, 0.29) is 0 Å². The minimum absolute atomic E-state index is 0.350. The van der Waals surface area contributed by atoms with E-state index in [1.54, 1.807) is 18.4 Å². The van der Waals surface area contributed by atoms with Crippen LogP contribution in [-0.4, -0.2) is 18.6 Å². The molecule has 5 heteroatoms. The Bertz CT molecular complexity index is 571. The molecule has 0 aliphatic carbocycles. The summed E-state index contributed by atoms with van der Waals surface area (Å²) in [6.45, 7) is 5.38. The van der Waals surface area contributed by atoms with Gasteiger partial charge in [0.1, 0.15) is 10.8 Å². The summed E-state index contributed by atoms with van der Waals surface area (Å²) in [5.41, 5.74) is 1.11. The van der Waals surface area contributed by atoms with Gasteiger partial charge in [0.25, 0.3) is 0 Å². The molecule has 2 aromatic rings. The number of hydrogen-bond acceptors (Lipinski definition) is 4. The third kappa shape index (κ3) is 3.59. The molecule has 0 aliphatic rings. The van der Waals surface area contributed by atoms with Crippen LogP contribution in [0, 0.1) is 0 Å². The van der Waals surface area contributed by atoms with Crippen molar-refractivity contribution in [2.24, 2.45) is 0 Å². The smallest absolute Gasteiger partial charge is 0.133 e. The van der Waals surface area contributed by atoms with Gasteiger partial charge in [-0.1, -0.05) is 6.92 Å². The predicted octanol–water partition coefficient (Wildman–Crippen LogP) is 4.64. The minimum atomic E-state index is 0.350. The Labute approximate surface area is 132 Å². The van der Waals surface area contributed by atoms with Gasteiger partial charge in [-0.15, -0.1) is 11.3 Å². The molecule has 1 unspecified atom stereocenters. The van der Waals surface area contributed by atoms with Gasteiger partial charge in [0, 0.05) is 22.7 Å². The first-order valence-corrected chi connectivity index (χ1v) is 8.29. The zero-order valence-electron chi connectivity index (χ0n) is 11.9. The molecule has 0 fully saturated rings. The van der Waals surface area contributed by atoms with Gasteiger partial charge in [0.05, 0.1) is 11.6 Å². The van der Waals surface area contributed by atoms with E-state index in [1.165, 1.54) is 4.88 Å². The number of rotatable bonds is 6. The quantitative estimate of drug-likeness (QED) is 0.820. The van der Waals surface area contributed by atoms with E-state index < -0.39 is 0 Å². The molecule has 0 radical (unpaired) electrons. The zero-order chi connectivity index (χ0) is 14.5. The maximum atomic E-state index is 5.25. The van der Waals surface area contributed by atoms with Crippen LogP contribution in [-0.2, 0) is 0 Å². The third-order valence-electron chi connectivity index (χ3n) is 3.05. The maximum absolute atomic E-state index is 5.25. The summed E-state index contributed by atoms with van der Waals surface area (Å²) in [7, 11) is 1.67. The number of benzene rings is 1. The monoisotopic (exact) mass is 354 g/mol. The normalized spacial score (nSPS) is 12.4. The number of nitrogens with one attached hydrogen (secondary N) is 1. The molecule has 0 saturated carbocycles. The fourth-order valence-corrected chi connectivity index (χ4v) is 3.36. The number of ether oxygens (including phenoxy) is 1. The Balaban J connectivity index is 2.18. The second kappa shape index (κ2) is 7.20. The Morgan fingerprint density at radius 3 is 2.90 bits per heavy atom. The molecule has 0 amide bonds. The molecule has 1 aromatic carbocycles. The molecule has 0 bridgehead atoms. The molecule has 2 rings (SSSR count). The first kappa shape index (κ1) is 15.5. The van der Waals surface area contributed by atoms with Gasteiger partial charge in [0.15, 0.2) is 0 Å². The lowest BCUT2D eigenvalue weighted by Crippen LogP contribution is -2.18. The molecular formula is C15H19BrN2OS. The topological polar surface area (TPSA) is 34.2 Å². The van der Waals surface area contributed by atoms with Crippen molar-refractivity contribution < 1.29 is 4.74 Å². The highest BCUT2D eigenvalue weighted by molar-refractivity contribution is 9.10. The number of aromatic nitrogens is 1. The second-order valence-corrected chi connectivity index (χ2v) is 6.51. The Morgan fingerprint density at radius 2 is 2.25 bits per heavy atom. The van der Waals surface area contributed by atoms with E-state index in [1.807, 2.05) is 24.4 Å². The highest BCUT2D eigenvalue weighted by Gasteiger charge is 2.11. The van der Waals surface area contributed by atoms with E-state index in [2.05, 4.69) is 40.1 Å². The van der Waals surface area contributed by atoms with E-state index in [9.17, 15) is 0 Å². The van der Waals surface area contributed by atoms with Crippen LogP contribution in [0.25, 0.3) is 10.6 Å². The van der Waals surface area contributed by atoms with Crippen LogP contribution in [0.4, 0.5) is 0 Å². The minimum Gasteiger partial charge on any atom is -0.496 e. The molecule has 1 heterocycles. The first-order chi connectivity index (χ1) is 9.65. The van der Waals surface area contributed by atoms with E-state index in [0.29, 0.717) is 6.04 Å². The highest BCUT2D eigenvalue weighted by atomic mass is 79.9. The molecule has 0 spiro atoms. The van der Waals surface area contributed by atoms with Crippen molar-refractivity contribution in [2.75, 3.05) is 13.7 Å². The van der Waals surface area contributed by atoms with E-state index >= 15 is 0 Å². The van der Waals surface area contributed by atoms with Gasteiger partial charge in [-0.3, -0.25) is 0 Å². The molecule has 0 aliphatic heterocycles. The fraction of sp³-hybridized carbons (Fsp3) is 0.400. The van der Waals surface area contributed by atoms with Crippen molar-refractivity contribution in [3.8, 4) is 16.3 Å². The Kier molecular flexibility index (Phi) is 5.57.